The number of halogens is 2. The number of aromatic hydroxyl groups is 1. The Morgan fingerprint density at radius 2 is 1.97 bits per heavy atom. The number of ether oxygens (including phenoxy) is 1. The molecule has 2 saturated heterocycles. The molecule has 0 amide bonds. The van der Waals surface area contributed by atoms with Crippen molar-refractivity contribution in [1.82, 2.24) is 14.4 Å². The fourth-order valence-electron chi connectivity index (χ4n) is 4.84. The molecule has 4 aromatic rings. The van der Waals surface area contributed by atoms with Crippen LogP contribution in [0.1, 0.15) is 16.9 Å². The van der Waals surface area contributed by atoms with E-state index < -0.39 is 27.1 Å². The number of sulfonamides is 1. The maximum Gasteiger partial charge on any atom is 0.300 e. The second kappa shape index (κ2) is 10.2. The molecule has 2 fully saturated rings. The highest BCUT2D eigenvalue weighted by Gasteiger charge is 2.30. The lowest BCUT2D eigenvalue weighted by molar-refractivity contribution is 0.122. The number of fused-ring (bicyclic) bond motifs is 1. The number of nitrogens with zero attached hydrogens (tertiary/aromatic N) is 5. The maximum atomic E-state index is 14.1. The van der Waals surface area contributed by atoms with Crippen LogP contribution in [0.3, 0.4) is 0 Å². The molecule has 0 unspecified atom stereocenters. The second-order valence-electron chi connectivity index (χ2n) is 9.28. The molecule has 0 aliphatic carbocycles. The zero-order valence-electron chi connectivity index (χ0n) is 20.5. The van der Waals surface area contributed by atoms with Crippen LogP contribution in [0.25, 0.3) is 16.3 Å². The third kappa shape index (κ3) is 4.90. The van der Waals surface area contributed by atoms with Gasteiger partial charge in [0.15, 0.2) is 5.65 Å². The number of aromatic nitrogens is 3. The Morgan fingerprint density at radius 1 is 1.18 bits per heavy atom. The van der Waals surface area contributed by atoms with E-state index in [0.717, 1.165) is 10.6 Å². The van der Waals surface area contributed by atoms with Gasteiger partial charge in [-0.1, -0.05) is 6.07 Å². The lowest BCUT2D eigenvalue weighted by Gasteiger charge is -2.29. The second-order valence-corrected chi connectivity index (χ2v) is 13.3. The average molecular weight is 637 g/mol. The molecule has 204 valence electrons. The molecule has 0 saturated carbocycles. The topological polar surface area (TPSA) is 117 Å². The van der Waals surface area contributed by atoms with E-state index in [9.17, 15) is 22.7 Å². The molecule has 2 aliphatic heterocycles. The Labute approximate surface area is 235 Å². The van der Waals surface area contributed by atoms with E-state index in [1.165, 1.54) is 32.2 Å². The molecule has 1 N–H and O–H groups in total. The van der Waals surface area contributed by atoms with E-state index in [4.69, 9.17) is 4.74 Å². The molecule has 6 rings (SSSR count). The minimum atomic E-state index is -3.49. The van der Waals surface area contributed by atoms with Crippen molar-refractivity contribution in [3.8, 4) is 16.5 Å². The monoisotopic (exact) mass is 635 g/mol. The number of hydrogen-bond acceptors (Lipinski definition) is 9. The zero-order valence-corrected chi connectivity index (χ0v) is 23.7. The summed E-state index contributed by atoms with van der Waals surface area (Å²) in [4.78, 5) is 25.0. The highest BCUT2D eigenvalue weighted by Crippen LogP contribution is 2.35. The molecule has 0 radical (unpaired) electrons. The van der Waals surface area contributed by atoms with Crippen molar-refractivity contribution in [2.24, 2.45) is 0 Å². The molecule has 0 bridgehead atoms. The summed E-state index contributed by atoms with van der Waals surface area (Å²) in [5.41, 5.74) is 1.51. The van der Waals surface area contributed by atoms with Crippen LogP contribution in [0.5, 0.6) is 5.75 Å². The van der Waals surface area contributed by atoms with E-state index in [-0.39, 0.29) is 11.4 Å². The Balaban J connectivity index is 1.35. The SMILES string of the molecule is O=c1c(O)c(-c2ncc(Cc3ccc(F)cc3N3CCCS3(=O)=O)s2)nc2c(Br)cc(N3CCOCC3)cn12. The van der Waals surface area contributed by atoms with E-state index in [2.05, 4.69) is 30.8 Å². The molecule has 0 spiro atoms. The highest BCUT2D eigenvalue weighted by atomic mass is 79.9. The smallest absolute Gasteiger partial charge is 0.300 e. The van der Waals surface area contributed by atoms with Crippen LogP contribution in [0.2, 0.25) is 0 Å². The number of pyridine rings is 1. The molecule has 0 atom stereocenters. The fraction of sp³-hybridized carbons (Fsp3) is 0.320. The van der Waals surface area contributed by atoms with Gasteiger partial charge in [-0.15, -0.1) is 11.3 Å². The zero-order chi connectivity index (χ0) is 27.3. The molecular weight excluding hydrogens is 613 g/mol. The molecular formula is C25H23BrFN5O5S2. The number of hydrogen-bond donors (Lipinski definition) is 1. The van der Waals surface area contributed by atoms with Crippen LogP contribution < -0.4 is 14.8 Å². The predicted octanol–water partition coefficient (Wildman–Crippen LogP) is 3.39. The normalized spacial score (nSPS) is 17.3. The number of anilines is 2. The van der Waals surface area contributed by atoms with Crippen LogP contribution in [-0.2, 0) is 21.2 Å². The van der Waals surface area contributed by atoms with E-state index >= 15 is 0 Å². The summed E-state index contributed by atoms with van der Waals surface area (Å²) in [6.45, 7) is 2.85. The van der Waals surface area contributed by atoms with E-state index in [1.807, 2.05) is 6.07 Å². The lowest BCUT2D eigenvalue weighted by Crippen LogP contribution is -2.36. The lowest BCUT2D eigenvalue weighted by atomic mass is 10.1. The minimum absolute atomic E-state index is 0.0274. The average Bonchev–Trinajstić information content (AvgIpc) is 3.53. The van der Waals surface area contributed by atoms with Crippen LogP contribution in [0.15, 0.2) is 45.9 Å². The van der Waals surface area contributed by atoms with Gasteiger partial charge in [0.2, 0.25) is 15.8 Å². The third-order valence-electron chi connectivity index (χ3n) is 6.75. The van der Waals surface area contributed by atoms with Crippen molar-refractivity contribution in [1.29, 1.82) is 0 Å². The third-order valence-corrected chi connectivity index (χ3v) is 10.2. The maximum absolute atomic E-state index is 14.1. The quantitative estimate of drug-likeness (QED) is 0.355. The van der Waals surface area contributed by atoms with E-state index in [1.54, 1.807) is 18.5 Å². The van der Waals surface area contributed by atoms with Crippen molar-refractivity contribution in [2.45, 2.75) is 12.8 Å². The van der Waals surface area contributed by atoms with Gasteiger partial charge in [0, 0.05) is 43.3 Å². The molecule has 14 heteroatoms. The van der Waals surface area contributed by atoms with Gasteiger partial charge in [-0.25, -0.2) is 22.8 Å². The van der Waals surface area contributed by atoms with Gasteiger partial charge < -0.3 is 14.7 Å². The van der Waals surface area contributed by atoms with Crippen LogP contribution in [0.4, 0.5) is 15.8 Å². The predicted molar refractivity (Wildman–Crippen MR) is 150 cm³/mol. The van der Waals surface area contributed by atoms with Crippen molar-refractivity contribution >= 4 is 54.3 Å². The molecule has 3 aromatic heterocycles. The molecule has 1 aromatic carbocycles. The Hall–Kier alpha value is -3.07. The van der Waals surface area contributed by atoms with Crippen LogP contribution in [-0.4, -0.2) is 66.5 Å². The summed E-state index contributed by atoms with van der Waals surface area (Å²) < 4.78 is 47.6. The Kier molecular flexibility index (Phi) is 6.81. The number of morpholine rings is 1. The summed E-state index contributed by atoms with van der Waals surface area (Å²) in [6, 6.07) is 5.98. The fourth-order valence-corrected chi connectivity index (χ4v) is 7.87. The molecule has 5 heterocycles. The van der Waals surface area contributed by atoms with E-state index in [0.29, 0.717) is 72.1 Å². The molecule has 10 nitrogen and oxygen atoms in total. The van der Waals surface area contributed by atoms with Crippen molar-refractivity contribution in [3.63, 3.8) is 0 Å². The van der Waals surface area contributed by atoms with Gasteiger partial charge >= 0.3 is 5.56 Å². The standard InChI is InChI=1S/C25H23BrFN5O5S2/c26-19-12-17(30-5-7-37-8-6-30)14-31-23(19)29-21(22(33)25(31)34)24-28-13-18(38-24)10-15-2-3-16(27)11-20(15)32-4-1-9-39(32,35)36/h2-3,11-14,33H,1,4-10H2. The van der Waals surface area contributed by atoms with Gasteiger partial charge in [0.25, 0.3) is 0 Å². The number of rotatable bonds is 5. The first-order valence-corrected chi connectivity index (χ1v) is 15.4. The van der Waals surface area contributed by atoms with Crippen molar-refractivity contribution in [2.75, 3.05) is 47.8 Å². The summed E-state index contributed by atoms with van der Waals surface area (Å²) in [6.07, 6.45) is 4.01. The van der Waals surface area contributed by atoms with Crippen LogP contribution in [0, 0.1) is 5.82 Å². The van der Waals surface area contributed by atoms with Crippen molar-refractivity contribution in [3.05, 3.63) is 67.7 Å². The first-order chi connectivity index (χ1) is 18.7. The molecule has 2 aliphatic rings. The van der Waals surface area contributed by atoms with Gasteiger partial charge in [0.05, 0.1) is 34.8 Å². The highest BCUT2D eigenvalue weighted by molar-refractivity contribution is 9.10. The largest absolute Gasteiger partial charge is 0.501 e. The first-order valence-electron chi connectivity index (χ1n) is 12.2. The summed E-state index contributed by atoms with van der Waals surface area (Å²) in [7, 11) is -3.49. The number of thiazole rings is 1. The summed E-state index contributed by atoms with van der Waals surface area (Å²) in [5, 5.41) is 11.2. The number of benzene rings is 1. The summed E-state index contributed by atoms with van der Waals surface area (Å²) in [5.74, 6) is -1.02. The first kappa shape index (κ1) is 26.2. The molecule has 39 heavy (non-hydrogen) atoms. The van der Waals surface area contributed by atoms with Gasteiger partial charge in [0.1, 0.15) is 16.5 Å². The Morgan fingerprint density at radius 3 is 2.72 bits per heavy atom. The van der Waals surface area contributed by atoms with Gasteiger partial charge in [-0.2, -0.15) is 0 Å². The Bertz CT molecular complexity index is 1750. The summed E-state index contributed by atoms with van der Waals surface area (Å²) >= 11 is 4.74. The van der Waals surface area contributed by atoms with Crippen LogP contribution >= 0.6 is 27.3 Å². The van der Waals surface area contributed by atoms with Gasteiger partial charge in [-0.3, -0.25) is 13.5 Å². The minimum Gasteiger partial charge on any atom is -0.501 e. The van der Waals surface area contributed by atoms with Gasteiger partial charge in [-0.05, 0) is 46.1 Å². The van der Waals surface area contributed by atoms with Crippen molar-refractivity contribution < 1.29 is 22.7 Å².